The van der Waals surface area contributed by atoms with Crippen molar-refractivity contribution in [2.24, 2.45) is 5.92 Å². The van der Waals surface area contributed by atoms with Crippen LogP contribution in [0.3, 0.4) is 0 Å². The quantitative estimate of drug-likeness (QED) is 0.751. The van der Waals surface area contributed by atoms with Gasteiger partial charge in [0.05, 0.1) is 20.1 Å². The summed E-state index contributed by atoms with van der Waals surface area (Å²) >= 11 is 0. The van der Waals surface area contributed by atoms with Gasteiger partial charge in [-0.25, -0.2) is 0 Å². The van der Waals surface area contributed by atoms with Gasteiger partial charge in [-0.3, -0.25) is 25.2 Å². The maximum absolute atomic E-state index is 12.4. The van der Waals surface area contributed by atoms with E-state index < -0.39 is 17.7 Å². The molecule has 0 radical (unpaired) electrons. The third-order valence-electron chi connectivity index (χ3n) is 4.75. The van der Waals surface area contributed by atoms with Crippen molar-refractivity contribution in [1.29, 1.82) is 0 Å². The Hall–Kier alpha value is -3.55. The number of ether oxygens (including phenoxy) is 2. The first kappa shape index (κ1) is 20.2. The molecule has 1 atom stereocenters. The molecule has 3 amide bonds. The first-order valence-electron chi connectivity index (χ1n) is 9.11. The molecule has 1 heterocycles. The highest BCUT2D eigenvalue weighted by Gasteiger charge is 2.35. The van der Waals surface area contributed by atoms with Crippen LogP contribution in [-0.4, -0.2) is 38.5 Å². The standard InChI is InChI=1S/C21H23N3O5/c1-13-4-6-16(7-5-13)24-12-15(10-19(24)25)21(27)23-22-20(26)14-8-17(28-2)11-18(9-14)29-3/h4-9,11,15H,10,12H2,1-3H3,(H,22,26)(H,23,27)/t15-/m0/s1. The van der Waals surface area contributed by atoms with E-state index in [0.717, 1.165) is 11.3 Å². The number of nitrogens with one attached hydrogen (secondary N) is 2. The molecule has 0 aliphatic carbocycles. The van der Waals surface area contributed by atoms with Gasteiger partial charge in [0.2, 0.25) is 11.8 Å². The Morgan fingerprint density at radius 3 is 2.21 bits per heavy atom. The molecule has 2 N–H and O–H groups in total. The van der Waals surface area contributed by atoms with E-state index in [1.165, 1.54) is 26.4 Å². The van der Waals surface area contributed by atoms with E-state index in [2.05, 4.69) is 10.9 Å². The van der Waals surface area contributed by atoms with Crippen molar-refractivity contribution in [3.63, 3.8) is 0 Å². The van der Waals surface area contributed by atoms with E-state index in [4.69, 9.17) is 9.47 Å². The second-order valence-electron chi connectivity index (χ2n) is 6.79. The lowest BCUT2D eigenvalue weighted by Gasteiger charge is -2.17. The Balaban J connectivity index is 1.60. The number of carbonyl (C=O) groups excluding carboxylic acids is 3. The fourth-order valence-corrected chi connectivity index (χ4v) is 3.09. The monoisotopic (exact) mass is 397 g/mol. The number of hydrogen-bond acceptors (Lipinski definition) is 5. The van der Waals surface area contributed by atoms with Crippen LogP contribution in [0, 0.1) is 12.8 Å². The minimum Gasteiger partial charge on any atom is -0.497 e. The molecular formula is C21H23N3O5. The molecule has 1 saturated heterocycles. The minimum atomic E-state index is -0.552. The van der Waals surface area contributed by atoms with Crippen LogP contribution in [0.4, 0.5) is 5.69 Å². The average Bonchev–Trinajstić information content (AvgIpc) is 3.13. The maximum atomic E-state index is 12.4. The van der Waals surface area contributed by atoms with Crippen molar-refractivity contribution in [2.75, 3.05) is 25.7 Å². The predicted octanol–water partition coefficient (Wildman–Crippen LogP) is 1.83. The number of methoxy groups -OCH3 is 2. The van der Waals surface area contributed by atoms with E-state index in [1.54, 1.807) is 11.0 Å². The van der Waals surface area contributed by atoms with Crippen LogP contribution in [0.2, 0.25) is 0 Å². The highest BCUT2D eigenvalue weighted by Crippen LogP contribution is 2.25. The van der Waals surface area contributed by atoms with Crippen LogP contribution in [0.25, 0.3) is 0 Å². The summed E-state index contributed by atoms with van der Waals surface area (Å²) in [4.78, 5) is 38.7. The number of hydrogen-bond donors (Lipinski definition) is 2. The zero-order chi connectivity index (χ0) is 21.0. The number of rotatable bonds is 5. The van der Waals surface area contributed by atoms with Crippen LogP contribution in [-0.2, 0) is 9.59 Å². The predicted molar refractivity (Wildman–Crippen MR) is 107 cm³/mol. The fourth-order valence-electron chi connectivity index (χ4n) is 3.09. The number of anilines is 1. The molecule has 0 spiro atoms. The lowest BCUT2D eigenvalue weighted by molar-refractivity contribution is -0.126. The highest BCUT2D eigenvalue weighted by molar-refractivity contribution is 6.01. The normalized spacial score (nSPS) is 15.8. The van der Waals surface area contributed by atoms with E-state index in [-0.39, 0.29) is 24.4 Å². The summed E-state index contributed by atoms with van der Waals surface area (Å²) in [6.07, 6.45) is 0.0859. The molecule has 0 aromatic heterocycles. The summed E-state index contributed by atoms with van der Waals surface area (Å²) in [6, 6.07) is 12.2. The molecule has 2 aromatic rings. The molecule has 0 unspecified atom stereocenters. The third kappa shape index (κ3) is 4.66. The van der Waals surface area contributed by atoms with Crippen LogP contribution in [0.5, 0.6) is 11.5 Å². The van der Waals surface area contributed by atoms with Crippen LogP contribution in [0.15, 0.2) is 42.5 Å². The van der Waals surface area contributed by atoms with Crippen molar-refractivity contribution in [3.8, 4) is 11.5 Å². The smallest absolute Gasteiger partial charge is 0.269 e. The van der Waals surface area contributed by atoms with Gasteiger partial charge in [0.15, 0.2) is 0 Å². The number of carbonyl (C=O) groups is 3. The number of benzene rings is 2. The largest absolute Gasteiger partial charge is 0.497 e. The Labute approximate surface area is 168 Å². The SMILES string of the molecule is COc1cc(OC)cc(C(=O)NNC(=O)[C@H]2CC(=O)N(c3ccc(C)cc3)C2)c1. The first-order valence-corrected chi connectivity index (χ1v) is 9.11. The van der Waals surface area contributed by atoms with Crippen molar-refractivity contribution in [2.45, 2.75) is 13.3 Å². The molecule has 8 nitrogen and oxygen atoms in total. The van der Waals surface area contributed by atoms with E-state index in [1.807, 2.05) is 31.2 Å². The summed E-state index contributed by atoms with van der Waals surface area (Å²) in [5, 5.41) is 0. The Bertz CT molecular complexity index is 904. The van der Waals surface area contributed by atoms with E-state index in [9.17, 15) is 14.4 Å². The number of aryl methyl sites for hydroxylation is 1. The maximum Gasteiger partial charge on any atom is 0.269 e. The van der Waals surface area contributed by atoms with Crippen LogP contribution >= 0.6 is 0 Å². The molecule has 1 fully saturated rings. The molecule has 0 saturated carbocycles. The van der Waals surface area contributed by atoms with Gasteiger partial charge in [0, 0.05) is 30.3 Å². The lowest BCUT2D eigenvalue weighted by Crippen LogP contribution is -2.45. The minimum absolute atomic E-state index is 0.0859. The zero-order valence-electron chi connectivity index (χ0n) is 16.5. The van der Waals surface area contributed by atoms with E-state index in [0.29, 0.717) is 11.5 Å². The van der Waals surface area contributed by atoms with Gasteiger partial charge in [-0.1, -0.05) is 17.7 Å². The average molecular weight is 397 g/mol. The topological polar surface area (TPSA) is 97.0 Å². The highest BCUT2D eigenvalue weighted by atomic mass is 16.5. The number of hydrazine groups is 1. The fraction of sp³-hybridized carbons (Fsp3) is 0.286. The molecule has 29 heavy (non-hydrogen) atoms. The molecular weight excluding hydrogens is 374 g/mol. The molecule has 1 aliphatic rings. The second-order valence-corrected chi connectivity index (χ2v) is 6.79. The molecule has 152 valence electrons. The van der Waals surface area contributed by atoms with Crippen LogP contribution in [0.1, 0.15) is 22.3 Å². The third-order valence-corrected chi connectivity index (χ3v) is 4.75. The van der Waals surface area contributed by atoms with Gasteiger partial charge in [0.1, 0.15) is 11.5 Å². The molecule has 3 rings (SSSR count). The number of nitrogens with zero attached hydrogens (tertiary/aromatic N) is 1. The second kappa shape index (κ2) is 8.64. The summed E-state index contributed by atoms with van der Waals surface area (Å²) in [6.45, 7) is 2.23. The number of amides is 3. The Kier molecular flexibility index (Phi) is 6.01. The van der Waals surface area contributed by atoms with Gasteiger partial charge in [0.25, 0.3) is 5.91 Å². The van der Waals surface area contributed by atoms with Crippen molar-refractivity contribution in [3.05, 3.63) is 53.6 Å². The molecule has 1 aliphatic heterocycles. The summed E-state index contributed by atoms with van der Waals surface area (Å²) < 4.78 is 10.3. The Morgan fingerprint density at radius 1 is 1.00 bits per heavy atom. The summed E-state index contributed by atoms with van der Waals surface area (Å²) in [5.41, 5.74) is 6.89. The summed E-state index contributed by atoms with van der Waals surface area (Å²) in [5.74, 6) is -0.708. The van der Waals surface area contributed by atoms with Gasteiger partial charge in [-0.2, -0.15) is 0 Å². The summed E-state index contributed by atoms with van der Waals surface area (Å²) in [7, 11) is 2.96. The zero-order valence-corrected chi connectivity index (χ0v) is 16.5. The molecule has 2 aromatic carbocycles. The Morgan fingerprint density at radius 2 is 1.62 bits per heavy atom. The molecule has 8 heteroatoms. The van der Waals surface area contributed by atoms with Crippen molar-refractivity contribution < 1.29 is 23.9 Å². The molecule has 0 bridgehead atoms. The van der Waals surface area contributed by atoms with Crippen molar-refractivity contribution in [1.82, 2.24) is 10.9 Å². The van der Waals surface area contributed by atoms with Gasteiger partial charge >= 0.3 is 0 Å². The first-order chi connectivity index (χ1) is 13.9. The lowest BCUT2D eigenvalue weighted by atomic mass is 10.1. The van der Waals surface area contributed by atoms with Gasteiger partial charge in [-0.05, 0) is 31.2 Å². The van der Waals surface area contributed by atoms with Gasteiger partial charge < -0.3 is 14.4 Å². The van der Waals surface area contributed by atoms with Gasteiger partial charge in [-0.15, -0.1) is 0 Å². The van der Waals surface area contributed by atoms with E-state index >= 15 is 0 Å². The van der Waals surface area contributed by atoms with Crippen LogP contribution < -0.4 is 25.2 Å². The van der Waals surface area contributed by atoms with Crippen molar-refractivity contribution >= 4 is 23.4 Å².